The van der Waals surface area contributed by atoms with Crippen LogP contribution in [0.3, 0.4) is 0 Å². The summed E-state index contributed by atoms with van der Waals surface area (Å²) < 4.78 is 0. The second kappa shape index (κ2) is 5.95. The molecule has 0 fully saturated rings. The van der Waals surface area contributed by atoms with E-state index < -0.39 is 5.97 Å². The summed E-state index contributed by atoms with van der Waals surface area (Å²) in [5.74, 6) is -1.36. The van der Waals surface area contributed by atoms with Gasteiger partial charge in [0.25, 0.3) is 5.91 Å². The van der Waals surface area contributed by atoms with Gasteiger partial charge in [0.2, 0.25) is 0 Å². The van der Waals surface area contributed by atoms with E-state index in [2.05, 4.69) is 10.3 Å². The van der Waals surface area contributed by atoms with Crippen LogP contribution in [0.15, 0.2) is 18.3 Å². The molecule has 0 aromatic carbocycles. The molecular weight excluding hydrogens is 222 g/mol. The van der Waals surface area contributed by atoms with Crippen molar-refractivity contribution in [2.75, 3.05) is 27.2 Å². The molecule has 1 amide bonds. The van der Waals surface area contributed by atoms with E-state index in [1.54, 1.807) is 0 Å². The molecule has 92 valence electrons. The van der Waals surface area contributed by atoms with E-state index in [9.17, 15) is 9.59 Å². The molecule has 2 N–H and O–H groups in total. The van der Waals surface area contributed by atoms with E-state index in [0.717, 1.165) is 6.54 Å². The molecule has 17 heavy (non-hydrogen) atoms. The molecular formula is C11H15N3O3. The minimum absolute atomic E-state index is 0.0742. The molecule has 0 aliphatic rings. The normalized spacial score (nSPS) is 10.3. The zero-order valence-corrected chi connectivity index (χ0v) is 9.80. The van der Waals surface area contributed by atoms with Crippen LogP contribution in [0.25, 0.3) is 0 Å². The molecule has 0 aliphatic heterocycles. The fourth-order valence-electron chi connectivity index (χ4n) is 1.15. The van der Waals surface area contributed by atoms with Crippen molar-refractivity contribution in [2.24, 2.45) is 0 Å². The maximum absolute atomic E-state index is 11.6. The summed E-state index contributed by atoms with van der Waals surface area (Å²) in [5.41, 5.74) is 0.281. The molecule has 0 saturated carbocycles. The summed E-state index contributed by atoms with van der Waals surface area (Å²) in [6, 6.07) is 2.75. The zero-order valence-electron chi connectivity index (χ0n) is 9.80. The quantitative estimate of drug-likeness (QED) is 0.757. The number of likely N-dealkylation sites (N-methyl/N-ethyl adjacent to an activating group) is 1. The van der Waals surface area contributed by atoms with Crippen molar-refractivity contribution >= 4 is 11.9 Å². The van der Waals surface area contributed by atoms with Crippen molar-refractivity contribution in [1.82, 2.24) is 15.2 Å². The van der Waals surface area contributed by atoms with Crippen molar-refractivity contribution in [3.05, 3.63) is 29.6 Å². The zero-order chi connectivity index (χ0) is 12.8. The topological polar surface area (TPSA) is 82.5 Å². The van der Waals surface area contributed by atoms with Gasteiger partial charge in [0.1, 0.15) is 5.69 Å². The molecule has 1 rings (SSSR count). The molecule has 6 heteroatoms. The number of aromatic carboxylic acids is 1. The first-order chi connectivity index (χ1) is 8.00. The Morgan fingerprint density at radius 1 is 1.41 bits per heavy atom. The van der Waals surface area contributed by atoms with Crippen LogP contribution in [0.1, 0.15) is 20.8 Å². The van der Waals surface area contributed by atoms with Crippen LogP contribution in [-0.2, 0) is 0 Å². The number of carboxylic acid groups (broad SMARTS) is 1. The Hall–Kier alpha value is -1.95. The summed E-state index contributed by atoms with van der Waals surface area (Å²) in [7, 11) is 3.82. The molecule has 0 aliphatic carbocycles. The molecule has 0 radical (unpaired) electrons. The first-order valence-corrected chi connectivity index (χ1v) is 5.13. The van der Waals surface area contributed by atoms with Gasteiger partial charge in [-0.05, 0) is 26.2 Å². The van der Waals surface area contributed by atoms with E-state index >= 15 is 0 Å². The maximum atomic E-state index is 11.6. The van der Waals surface area contributed by atoms with E-state index in [1.807, 2.05) is 19.0 Å². The highest BCUT2D eigenvalue weighted by Crippen LogP contribution is 2.00. The first kappa shape index (κ1) is 13.1. The Labute approximate surface area is 99.3 Å². The van der Waals surface area contributed by atoms with Gasteiger partial charge in [0.05, 0.1) is 5.56 Å². The number of aromatic nitrogens is 1. The average molecular weight is 237 g/mol. The average Bonchev–Trinajstić information content (AvgIpc) is 2.28. The minimum atomic E-state index is -1.11. The summed E-state index contributed by atoms with van der Waals surface area (Å²) in [4.78, 5) is 27.8. The molecule has 0 spiro atoms. The van der Waals surface area contributed by atoms with Gasteiger partial charge in [0, 0.05) is 19.3 Å². The smallest absolute Gasteiger partial charge is 0.354 e. The Kier molecular flexibility index (Phi) is 4.59. The van der Waals surface area contributed by atoms with Gasteiger partial charge in [-0.15, -0.1) is 0 Å². The van der Waals surface area contributed by atoms with Crippen molar-refractivity contribution < 1.29 is 14.7 Å². The molecule has 1 heterocycles. The number of nitrogens with one attached hydrogen (secondary N) is 1. The van der Waals surface area contributed by atoms with Crippen molar-refractivity contribution in [1.29, 1.82) is 0 Å². The number of hydrogen-bond donors (Lipinski definition) is 2. The highest BCUT2D eigenvalue weighted by molar-refractivity contribution is 5.94. The second-order valence-electron chi connectivity index (χ2n) is 3.80. The largest absolute Gasteiger partial charge is 0.477 e. The van der Waals surface area contributed by atoms with Crippen molar-refractivity contribution in [2.45, 2.75) is 0 Å². The fraction of sp³-hybridized carbons (Fsp3) is 0.364. The monoisotopic (exact) mass is 237 g/mol. The van der Waals surface area contributed by atoms with Crippen LogP contribution in [-0.4, -0.2) is 54.1 Å². The molecule has 1 aromatic rings. The third-order valence-electron chi connectivity index (χ3n) is 2.09. The van der Waals surface area contributed by atoms with E-state index in [0.29, 0.717) is 12.1 Å². The van der Waals surface area contributed by atoms with Gasteiger partial charge in [-0.25, -0.2) is 9.78 Å². The van der Waals surface area contributed by atoms with Crippen LogP contribution in [0.2, 0.25) is 0 Å². The number of pyridine rings is 1. The number of hydrogen-bond acceptors (Lipinski definition) is 4. The summed E-state index contributed by atoms with van der Waals surface area (Å²) in [6.45, 7) is 1.28. The highest BCUT2D eigenvalue weighted by Gasteiger charge is 2.08. The number of carboxylic acids is 1. The summed E-state index contributed by atoms with van der Waals surface area (Å²) in [6.07, 6.45) is 1.26. The lowest BCUT2D eigenvalue weighted by Gasteiger charge is -2.10. The van der Waals surface area contributed by atoms with Crippen LogP contribution >= 0.6 is 0 Å². The standard InChI is InChI=1S/C11H15N3O3/c1-14(2)6-5-12-10(15)8-3-4-9(11(16)17)13-7-8/h3-4,7H,5-6H2,1-2H3,(H,12,15)(H,16,17). The lowest BCUT2D eigenvalue weighted by Crippen LogP contribution is -2.31. The number of rotatable bonds is 5. The number of amides is 1. The van der Waals surface area contributed by atoms with Gasteiger partial charge < -0.3 is 15.3 Å². The van der Waals surface area contributed by atoms with Gasteiger partial charge in [-0.3, -0.25) is 4.79 Å². The Bertz CT molecular complexity index is 401. The van der Waals surface area contributed by atoms with Gasteiger partial charge in [-0.2, -0.15) is 0 Å². The molecule has 0 saturated heterocycles. The highest BCUT2D eigenvalue weighted by atomic mass is 16.4. The summed E-state index contributed by atoms with van der Waals surface area (Å²) >= 11 is 0. The minimum Gasteiger partial charge on any atom is -0.477 e. The SMILES string of the molecule is CN(C)CCNC(=O)c1ccc(C(=O)O)nc1. The predicted octanol–water partition coefficient (Wildman–Crippen LogP) is 0.0712. The lowest BCUT2D eigenvalue weighted by atomic mass is 10.2. The van der Waals surface area contributed by atoms with E-state index in [4.69, 9.17) is 5.11 Å². The van der Waals surface area contributed by atoms with E-state index in [1.165, 1.54) is 18.3 Å². The van der Waals surface area contributed by atoms with Crippen LogP contribution < -0.4 is 5.32 Å². The fourth-order valence-corrected chi connectivity index (χ4v) is 1.15. The van der Waals surface area contributed by atoms with Crippen LogP contribution in [0, 0.1) is 0 Å². The number of carbonyl (C=O) groups is 2. The molecule has 1 aromatic heterocycles. The number of carbonyl (C=O) groups excluding carboxylic acids is 1. The maximum Gasteiger partial charge on any atom is 0.354 e. The molecule has 0 unspecified atom stereocenters. The predicted molar refractivity (Wildman–Crippen MR) is 62.1 cm³/mol. The van der Waals surface area contributed by atoms with Gasteiger partial charge in [0.15, 0.2) is 0 Å². The molecule has 6 nitrogen and oxygen atoms in total. The van der Waals surface area contributed by atoms with Crippen LogP contribution in [0.4, 0.5) is 0 Å². The lowest BCUT2D eigenvalue weighted by molar-refractivity contribution is 0.0689. The Balaban J connectivity index is 2.55. The Morgan fingerprint density at radius 3 is 2.59 bits per heavy atom. The molecule has 0 bridgehead atoms. The Morgan fingerprint density at radius 2 is 2.12 bits per heavy atom. The first-order valence-electron chi connectivity index (χ1n) is 5.13. The second-order valence-corrected chi connectivity index (χ2v) is 3.80. The molecule has 0 atom stereocenters. The van der Waals surface area contributed by atoms with Gasteiger partial charge >= 0.3 is 5.97 Å². The third-order valence-corrected chi connectivity index (χ3v) is 2.09. The van der Waals surface area contributed by atoms with Crippen molar-refractivity contribution in [3.8, 4) is 0 Å². The van der Waals surface area contributed by atoms with E-state index in [-0.39, 0.29) is 11.6 Å². The van der Waals surface area contributed by atoms with Crippen molar-refractivity contribution in [3.63, 3.8) is 0 Å². The summed E-state index contributed by atoms with van der Waals surface area (Å²) in [5, 5.41) is 11.4. The number of nitrogens with zero attached hydrogens (tertiary/aromatic N) is 2. The van der Waals surface area contributed by atoms with Crippen LogP contribution in [0.5, 0.6) is 0 Å². The van der Waals surface area contributed by atoms with Gasteiger partial charge in [-0.1, -0.05) is 0 Å². The third kappa shape index (κ3) is 4.20.